The van der Waals surface area contributed by atoms with Gasteiger partial charge >= 0.3 is 0 Å². The second kappa shape index (κ2) is 8.63. The van der Waals surface area contributed by atoms with Crippen molar-refractivity contribution in [3.05, 3.63) is 101 Å². The first-order valence-corrected chi connectivity index (χ1v) is 10.6. The van der Waals surface area contributed by atoms with Crippen molar-refractivity contribution in [2.45, 2.75) is 13.1 Å². The van der Waals surface area contributed by atoms with Gasteiger partial charge in [-0.15, -0.1) is 0 Å². The minimum Gasteiger partial charge on any atom is -0.497 e. The molecule has 0 aliphatic heterocycles. The molecule has 0 aliphatic carbocycles. The van der Waals surface area contributed by atoms with Crippen LogP contribution in [0.3, 0.4) is 0 Å². The van der Waals surface area contributed by atoms with Gasteiger partial charge in [-0.1, -0.05) is 48.5 Å². The Morgan fingerprint density at radius 1 is 0.970 bits per heavy atom. The van der Waals surface area contributed by atoms with Crippen molar-refractivity contribution in [2.75, 3.05) is 12.4 Å². The van der Waals surface area contributed by atoms with Gasteiger partial charge in [0.1, 0.15) is 23.3 Å². The maximum atomic E-state index is 13.5. The minimum absolute atomic E-state index is 0.00236. The number of hydrogen-bond donors (Lipinski definition) is 1. The van der Waals surface area contributed by atoms with Crippen molar-refractivity contribution in [3.8, 4) is 5.75 Å². The van der Waals surface area contributed by atoms with Crippen LogP contribution >= 0.6 is 0 Å². The fraction of sp³-hybridized carbons (Fsp3) is 0.115. The van der Waals surface area contributed by atoms with Crippen molar-refractivity contribution in [2.24, 2.45) is 0 Å². The predicted molar refractivity (Wildman–Crippen MR) is 129 cm³/mol. The maximum absolute atomic E-state index is 13.5. The lowest BCUT2D eigenvalue weighted by atomic mass is 10.2. The number of nitrogens with one attached hydrogen (secondary N) is 1. The van der Waals surface area contributed by atoms with E-state index in [9.17, 15) is 9.59 Å². The molecule has 0 spiro atoms. The Bertz CT molecular complexity index is 1500. The third kappa shape index (κ3) is 3.96. The van der Waals surface area contributed by atoms with Crippen molar-refractivity contribution >= 4 is 33.5 Å². The Hall–Kier alpha value is -4.39. The molecule has 2 aromatic heterocycles. The molecule has 0 fully saturated rings. The third-order valence-electron chi connectivity index (χ3n) is 5.61. The molecule has 1 amide bonds. The Kier molecular flexibility index (Phi) is 5.36. The molecule has 0 radical (unpaired) electrons. The molecule has 0 saturated heterocycles. The molecule has 0 atom stereocenters. The summed E-state index contributed by atoms with van der Waals surface area (Å²) in [6, 6.07) is 24.4. The van der Waals surface area contributed by atoms with Crippen LogP contribution in [0.25, 0.3) is 21.9 Å². The van der Waals surface area contributed by atoms with Gasteiger partial charge in [0.25, 0.3) is 5.56 Å². The van der Waals surface area contributed by atoms with Crippen LogP contribution in [0.5, 0.6) is 5.75 Å². The van der Waals surface area contributed by atoms with E-state index in [1.54, 1.807) is 22.6 Å². The van der Waals surface area contributed by atoms with E-state index >= 15 is 0 Å². The van der Waals surface area contributed by atoms with Crippen molar-refractivity contribution in [1.82, 2.24) is 14.1 Å². The largest absolute Gasteiger partial charge is 0.497 e. The number of para-hydroxylation sites is 2. The molecule has 5 aromatic rings. The summed E-state index contributed by atoms with van der Waals surface area (Å²) >= 11 is 0. The lowest BCUT2D eigenvalue weighted by Crippen LogP contribution is -2.25. The molecule has 0 unspecified atom stereocenters. The van der Waals surface area contributed by atoms with Crippen LogP contribution in [-0.4, -0.2) is 27.1 Å². The molecule has 7 nitrogen and oxygen atoms in total. The van der Waals surface area contributed by atoms with E-state index in [0.29, 0.717) is 23.3 Å². The summed E-state index contributed by atoms with van der Waals surface area (Å²) in [6.07, 6.45) is 1.57. The number of carbonyl (C=O) groups excluding carboxylic acids is 1. The number of hydrogen-bond acceptors (Lipinski definition) is 4. The highest BCUT2D eigenvalue weighted by molar-refractivity contribution is 6.06. The molecule has 5 rings (SSSR count). The maximum Gasteiger partial charge on any atom is 0.278 e. The van der Waals surface area contributed by atoms with Crippen LogP contribution in [0.15, 0.2) is 90.0 Å². The van der Waals surface area contributed by atoms with Gasteiger partial charge in [0.15, 0.2) is 0 Å². The number of amides is 1. The van der Waals surface area contributed by atoms with E-state index in [1.807, 2.05) is 78.9 Å². The average Bonchev–Trinajstić information content (AvgIpc) is 3.16. The zero-order valence-corrected chi connectivity index (χ0v) is 18.1. The third-order valence-corrected chi connectivity index (χ3v) is 5.61. The Labute approximate surface area is 189 Å². The van der Waals surface area contributed by atoms with Gasteiger partial charge < -0.3 is 14.6 Å². The predicted octanol–water partition coefficient (Wildman–Crippen LogP) is 4.05. The summed E-state index contributed by atoms with van der Waals surface area (Å²) in [4.78, 5) is 31.0. The summed E-state index contributed by atoms with van der Waals surface area (Å²) < 4.78 is 8.52. The highest BCUT2D eigenvalue weighted by atomic mass is 16.5. The van der Waals surface area contributed by atoms with Gasteiger partial charge in [-0.05, 0) is 35.9 Å². The van der Waals surface area contributed by atoms with Gasteiger partial charge in [-0.2, -0.15) is 0 Å². The number of benzene rings is 3. The normalized spacial score (nSPS) is 11.1. The monoisotopic (exact) mass is 438 g/mol. The Morgan fingerprint density at radius 3 is 2.45 bits per heavy atom. The second-order valence-corrected chi connectivity index (χ2v) is 7.74. The number of rotatable bonds is 6. The first-order chi connectivity index (χ1) is 16.1. The topological polar surface area (TPSA) is 78.2 Å². The fourth-order valence-corrected chi connectivity index (χ4v) is 4.02. The SMILES string of the molecule is COc1ccc(Cn2cnc3c4ccccc4n(CC(=O)Nc4ccccc4)c3c2=O)cc1. The molecule has 7 heteroatoms. The highest BCUT2D eigenvalue weighted by Crippen LogP contribution is 2.25. The first-order valence-electron chi connectivity index (χ1n) is 10.6. The van der Waals surface area contributed by atoms with E-state index in [2.05, 4.69) is 10.3 Å². The lowest BCUT2D eigenvalue weighted by Gasteiger charge is -2.10. The van der Waals surface area contributed by atoms with Crippen LogP contribution in [0.2, 0.25) is 0 Å². The number of ether oxygens (including phenoxy) is 1. The average molecular weight is 438 g/mol. The zero-order valence-electron chi connectivity index (χ0n) is 18.1. The molecule has 1 N–H and O–H groups in total. The van der Waals surface area contributed by atoms with Crippen LogP contribution < -0.4 is 15.6 Å². The molecular formula is C26H22N4O3. The summed E-state index contributed by atoms with van der Waals surface area (Å²) in [7, 11) is 1.62. The number of aromatic nitrogens is 3. The molecule has 0 bridgehead atoms. The molecule has 3 aromatic carbocycles. The minimum atomic E-state index is -0.214. The van der Waals surface area contributed by atoms with E-state index in [-0.39, 0.29) is 18.0 Å². The summed E-state index contributed by atoms with van der Waals surface area (Å²) in [5, 5.41) is 3.73. The number of nitrogens with zero attached hydrogens (tertiary/aromatic N) is 3. The molecular weight excluding hydrogens is 416 g/mol. The standard InChI is InChI=1S/C26H22N4O3/c1-33-20-13-11-18(12-14-20)15-29-17-27-24-21-9-5-6-10-22(21)30(25(24)26(29)32)16-23(31)28-19-7-3-2-4-8-19/h2-14,17H,15-16H2,1H3,(H,28,31). The van der Waals surface area contributed by atoms with E-state index in [1.165, 1.54) is 0 Å². The number of methoxy groups -OCH3 is 1. The van der Waals surface area contributed by atoms with Crippen LogP contribution in [0.1, 0.15) is 5.56 Å². The number of carbonyl (C=O) groups is 1. The fourth-order valence-electron chi connectivity index (χ4n) is 4.02. The Balaban J connectivity index is 1.56. The highest BCUT2D eigenvalue weighted by Gasteiger charge is 2.18. The van der Waals surface area contributed by atoms with Gasteiger partial charge in [0, 0.05) is 11.1 Å². The zero-order chi connectivity index (χ0) is 22.8. The first kappa shape index (κ1) is 20.5. The molecule has 2 heterocycles. The summed E-state index contributed by atoms with van der Waals surface area (Å²) in [6.45, 7) is 0.367. The molecule has 164 valence electrons. The number of fused-ring (bicyclic) bond motifs is 3. The van der Waals surface area contributed by atoms with Crippen LogP contribution in [0, 0.1) is 0 Å². The lowest BCUT2D eigenvalue weighted by molar-refractivity contribution is -0.116. The van der Waals surface area contributed by atoms with Crippen molar-refractivity contribution in [1.29, 1.82) is 0 Å². The molecule has 0 aliphatic rings. The second-order valence-electron chi connectivity index (χ2n) is 7.74. The van der Waals surface area contributed by atoms with E-state index in [0.717, 1.165) is 22.2 Å². The van der Waals surface area contributed by atoms with E-state index in [4.69, 9.17) is 4.74 Å². The Morgan fingerprint density at radius 2 is 1.70 bits per heavy atom. The van der Waals surface area contributed by atoms with Crippen LogP contribution in [0.4, 0.5) is 5.69 Å². The summed E-state index contributed by atoms with van der Waals surface area (Å²) in [5.74, 6) is 0.540. The molecule has 0 saturated carbocycles. The van der Waals surface area contributed by atoms with Gasteiger partial charge in [0.05, 0.1) is 25.5 Å². The van der Waals surface area contributed by atoms with Crippen molar-refractivity contribution < 1.29 is 9.53 Å². The summed E-state index contributed by atoms with van der Waals surface area (Å²) in [5.41, 5.74) is 3.26. The van der Waals surface area contributed by atoms with Crippen molar-refractivity contribution in [3.63, 3.8) is 0 Å². The molecule has 33 heavy (non-hydrogen) atoms. The van der Waals surface area contributed by atoms with E-state index < -0.39 is 0 Å². The smallest absolute Gasteiger partial charge is 0.278 e. The van der Waals surface area contributed by atoms with Crippen LogP contribution in [-0.2, 0) is 17.9 Å². The van der Waals surface area contributed by atoms with Gasteiger partial charge in [-0.3, -0.25) is 14.2 Å². The van der Waals surface area contributed by atoms with Gasteiger partial charge in [0.2, 0.25) is 5.91 Å². The number of anilines is 1. The van der Waals surface area contributed by atoms with Gasteiger partial charge in [-0.25, -0.2) is 4.98 Å². The quantitative estimate of drug-likeness (QED) is 0.434.